The van der Waals surface area contributed by atoms with Gasteiger partial charge in [0.1, 0.15) is 37.4 Å². The number of aliphatic hydroxyl groups excluding tert-OH is 2. The molecule has 0 bridgehead atoms. The molecule has 2 aliphatic carbocycles. The van der Waals surface area contributed by atoms with Crippen molar-refractivity contribution in [2.75, 3.05) is 53.1 Å². The standard InChI is InChI=1S/C47H58N4O10/c1-3-26-59-47-43(49(2)46(54)58-31-33-11-5-4-6-12-33)30-41(48-60-32-34-15-17-36(18-16-34)51(55)56)39-28-35(13-7-9-24-52)38(14-8-10-25-53)44(45(39)47)40-29-37(19-20-42(40)61-47)57-27-23-50-21-22-50/h3-6,11-12,15-20,28-29,35,38,43-45,52-53H,1,7-10,13-14,21-27,30-32H2,2H3/t35-,38+,43-,44+,45+,47+/m0/s1. The van der Waals surface area contributed by atoms with Gasteiger partial charge in [-0.25, -0.2) is 4.79 Å². The van der Waals surface area contributed by atoms with Gasteiger partial charge in [-0.05, 0) is 84.6 Å². The van der Waals surface area contributed by atoms with Crippen LogP contribution < -0.4 is 9.47 Å². The number of carbonyl (C=O) groups excluding carboxylic acids is 1. The number of oxime groups is 1. The van der Waals surface area contributed by atoms with Gasteiger partial charge in [-0.1, -0.05) is 60.5 Å². The summed E-state index contributed by atoms with van der Waals surface area (Å²) in [7, 11) is 1.70. The third-order valence-electron chi connectivity index (χ3n) is 12.4. The van der Waals surface area contributed by atoms with E-state index in [1.807, 2.05) is 42.5 Å². The molecule has 1 amide bonds. The quantitative estimate of drug-likeness (QED) is 0.0341. The molecule has 0 aromatic heterocycles. The van der Waals surface area contributed by atoms with Crippen LogP contribution in [0.1, 0.15) is 67.6 Å². The van der Waals surface area contributed by atoms with E-state index in [2.05, 4.69) is 23.6 Å². The number of fused-ring (bicyclic) bond motifs is 2. The Morgan fingerprint density at radius 1 is 1.02 bits per heavy atom. The van der Waals surface area contributed by atoms with Crippen molar-refractivity contribution in [3.05, 3.63) is 124 Å². The summed E-state index contributed by atoms with van der Waals surface area (Å²) in [5, 5.41) is 35.9. The molecule has 61 heavy (non-hydrogen) atoms. The zero-order chi connectivity index (χ0) is 42.8. The van der Waals surface area contributed by atoms with Gasteiger partial charge in [0.2, 0.25) is 5.79 Å². The van der Waals surface area contributed by atoms with Crippen molar-refractivity contribution in [1.29, 1.82) is 0 Å². The normalized spacial score (nSPS) is 24.4. The second kappa shape index (κ2) is 20.5. The van der Waals surface area contributed by atoms with Crippen LogP contribution >= 0.6 is 0 Å². The van der Waals surface area contributed by atoms with Crippen molar-refractivity contribution in [1.82, 2.24) is 9.80 Å². The van der Waals surface area contributed by atoms with Crippen molar-refractivity contribution in [2.45, 2.75) is 75.9 Å². The van der Waals surface area contributed by atoms with E-state index in [9.17, 15) is 25.1 Å². The fourth-order valence-electron chi connectivity index (χ4n) is 9.25. The molecule has 4 aliphatic rings. The summed E-state index contributed by atoms with van der Waals surface area (Å²) >= 11 is 0. The maximum Gasteiger partial charge on any atom is 0.410 e. The molecule has 2 fully saturated rings. The van der Waals surface area contributed by atoms with Crippen molar-refractivity contribution >= 4 is 17.5 Å². The molecular formula is C47H58N4O10. The number of rotatable bonds is 22. The number of ether oxygens (including phenoxy) is 4. The number of nitrogens with zero attached hydrogens (tertiary/aromatic N) is 4. The van der Waals surface area contributed by atoms with Crippen molar-refractivity contribution in [3.63, 3.8) is 0 Å². The highest BCUT2D eigenvalue weighted by molar-refractivity contribution is 6.03. The Morgan fingerprint density at radius 2 is 1.75 bits per heavy atom. The van der Waals surface area contributed by atoms with Crippen molar-refractivity contribution < 1.29 is 43.7 Å². The van der Waals surface area contributed by atoms with E-state index in [1.165, 1.54) is 12.1 Å². The summed E-state index contributed by atoms with van der Waals surface area (Å²) in [4.78, 5) is 35.0. The van der Waals surface area contributed by atoms with E-state index < -0.39 is 28.8 Å². The minimum absolute atomic E-state index is 0.0192. The van der Waals surface area contributed by atoms with Crippen LogP contribution in [0, 0.1) is 27.9 Å². The van der Waals surface area contributed by atoms with E-state index in [1.54, 1.807) is 30.2 Å². The van der Waals surface area contributed by atoms with Gasteiger partial charge in [-0.15, -0.1) is 6.58 Å². The van der Waals surface area contributed by atoms with Crippen LogP contribution in [0.25, 0.3) is 0 Å². The van der Waals surface area contributed by atoms with Crippen LogP contribution in [-0.2, 0) is 27.5 Å². The van der Waals surface area contributed by atoms with Gasteiger partial charge in [0.05, 0.1) is 23.2 Å². The number of aliphatic hydroxyl groups is 2. The van der Waals surface area contributed by atoms with Gasteiger partial charge in [0.15, 0.2) is 0 Å². The summed E-state index contributed by atoms with van der Waals surface area (Å²) in [6, 6.07) is 20.9. The lowest BCUT2D eigenvalue weighted by molar-refractivity contribution is -0.384. The number of hydrogen-bond acceptors (Lipinski definition) is 12. The molecule has 326 valence electrons. The lowest BCUT2D eigenvalue weighted by Gasteiger charge is -2.59. The van der Waals surface area contributed by atoms with Crippen LogP contribution in [0.5, 0.6) is 11.5 Å². The Hall–Kier alpha value is -5.28. The van der Waals surface area contributed by atoms with Crippen LogP contribution in [0.15, 0.2) is 102 Å². The smallest absolute Gasteiger partial charge is 0.410 e. The molecule has 3 aromatic rings. The first-order valence-electron chi connectivity index (χ1n) is 21.5. The summed E-state index contributed by atoms with van der Waals surface area (Å²) in [6.07, 6.45) is 8.11. The first-order chi connectivity index (χ1) is 29.8. The SMILES string of the molecule is C=CCO[C@@]12Oc3ccc(OCCN4CC4)cc3[C@H]3[C@H](CCCCO)[C@@H](CCCCO)C=C(C(=NOCc4ccc([N+](=O)[O-])cc4)C[C@@H]1N(C)C(=O)OCc1ccccc1)[C@H]32. The lowest BCUT2D eigenvalue weighted by Crippen LogP contribution is -2.69. The molecule has 3 aromatic carbocycles. The number of hydrogen-bond donors (Lipinski definition) is 2. The van der Waals surface area contributed by atoms with Crippen molar-refractivity contribution in [3.8, 4) is 11.5 Å². The van der Waals surface area contributed by atoms with Gasteiger partial charge < -0.3 is 38.9 Å². The van der Waals surface area contributed by atoms with Crippen LogP contribution in [-0.4, -0.2) is 102 Å². The molecular weight excluding hydrogens is 781 g/mol. The molecule has 2 aliphatic heterocycles. The molecule has 2 heterocycles. The van der Waals surface area contributed by atoms with Crippen LogP contribution in [0.2, 0.25) is 0 Å². The first-order valence-corrected chi connectivity index (χ1v) is 21.5. The molecule has 0 radical (unpaired) electrons. The predicted octanol–water partition coefficient (Wildman–Crippen LogP) is 7.39. The Kier molecular flexibility index (Phi) is 14.7. The van der Waals surface area contributed by atoms with E-state index >= 15 is 0 Å². The average molecular weight is 839 g/mol. The van der Waals surface area contributed by atoms with Crippen LogP contribution in [0.4, 0.5) is 10.5 Å². The lowest BCUT2D eigenvalue weighted by atomic mass is 9.55. The third-order valence-corrected chi connectivity index (χ3v) is 12.4. The molecule has 6 atom stereocenters. The molecule has 2 N–H and O–H groups in total. The Labute approximate surface area is 357 Å². The molecule has 1 saturated heterocycles. The highest BCUT2D eigenvalue weighted by atomic mass is 16.7. The Balaban J connectivity index is 1.34. The molecule has 14 nitrogen and oxygen atoms in total. The second-order valence-electron chi connectivity index (χ2n) is 16.3. The molecule has 0 spiro atoms. The zero-order valence-corrected chi connectivity index (χ0v) is 34.9. The number of amides is 1. The molecule has 0 unspecified atom stereocenters. The number of allylic oxidation sites excluding steroid dienone is 1. The second-order valence-corrected chi connectivity index (χ2v) is 16.3. The van der Waals surface area contributed by atoms with E-state index in [0.29, 0.717) is 36.5 Å². The summed E-state index contributed by atoms with van der Waals surface area (Å²) < 4.78 is 26.5. The van der Waals surface area contributed by atoms with Gasteiger partial charge in [-0.2, -0.15) is 0 Å². The molecule has 14 heteroatoms. The molecule has 1 saturated carbocycles. The number of non-ortho nitro benzene ring substituents is 1. The topological polar surface area (TPSA) is 165 Å². The zero-order valence-electron chi connectivity index (χ0n) is 34.9. The molecule has 7 rings (SSSR count). The first kappa shape index (κ1) is 43.8. The summed E-state index contributed by atoms with van der Waals surface area (Å²) in [5.41, 5.74) is 4.02. The fourth-order valence-corrected chi connectivity index (χ4v) is 9.25. The fraction of sp³-hybridized carbons (Fsp3) is 0.489. The Morgan fingerprint density at radius 3 is 2.46 bits per heavy atom. The number of nitro benzene ring substituents is 1. The maximum atomic E-state index is 14.2. The minimum Gasteiger partial charge on any atom is -0.492 e. The maximum absolute atomic E-state index is 14.2. The third kappa shape index (κ3) is 10.3. The van der Waals surface area contributed by atoms with E-state index in [0.717, 1.165) is 67.8 Å². The number of benzene rings is 3. The monoisotopic (exact) mass is 838 g/mol. The highest BCUT2D eigenvalue weighted by Gasteiger charge is 2.65. The number of carbonyl (C=O) groups is 1. The highest BCUT2D eigenvalue weighted by Crippen LogP contribution is 2.61. The van der Waals surface area contributed by atoms with E-state index in [4.69, 9.17) is 28.9 Å². The van der Waals surface area contributed by atoms with Gasteiger partial charge >= 0.3 is 6.09 Å². The van der Waals surface area contributed by atoms with Gasteiger partial charge in [0, 0.05) is 69.9 Å². The number of nitro groups is 1. The summed E-state index contributed by atoms with van der Waals surface area (Å²) in [5.74, 6) is -0.650. The number of likely N-dealkylation sites (N-methyl/N-ethyl adjacent to an activating group) is 1. The predicted molar refractivity (Wildman–Crippen MR) is 229 cm³/mol. The van der Waals surface area contributed by atoms with Gasteiger partial charge in [-0.3, -0.25) is 15.0 Å². The van der Waals surface area contributed by atoms with E-state index in [-0.39, 0.29) is 62.9 Å². The largest absolute Gasteiger partial charge is 0.492 e. The number of unbranched alkanes of at least 4 members (excludes halogenated alkanes) is 2. The van der Waals surface area contributed by atoms with Crippen molar-refractivity contribution in [2.24, 2.45) is 22.9 Å². The Bertz CT molecular complexity index is 2020. The average Bonchev–Trinajstić information content (AvgIpc) is 4.11. The minimum atomic E-state index is -1.43. The summed E-state index contributed by atoms with van der Waals surface area (Å²) in [6.45, 7) is 7.98. The van der Waals surface area contributed by atoms with Crippen LogP contribution in [0.3, 0.4) is 0 Å². The van der Waals surface area contributed by atoms with Gasteiger partial charge in [0.25, 0.3) is 5.69 Å².